The summed E-state index contributed by atoms with van der Waals surface area (Å²) in [5.74, 6) is 1.53. The van der Waals surface area contributed by atoms with Crippen LogP contribution in [0.25, 0.3) is 61.2 Å². The standard InChI is InChI=1S/C39H36N2O/c1-23(2)30-21-28(27-12-8-7-9-13-27)22-31(24(3)4)37(30)41-34-15-11-10-14-33(34)40-39(41)29-18-17-26(6)36-32-20-25(5)16-19-35(32)42-38(29)36/h7-24H,1-6H3. The van der Waals surface area contributed by atoms with Crippen LogP contribution in [-0.2, 0) is 0 Å². The van der Waals surface area contributed by atoms with Crippen LogP contribution in [0.1, 0.15) is 61.8 Å². The van der Waals surface area contributed by atoms with Gasteiger partial charge in [0.2, 0.25) is 0 Å². The first-order valence-electron chi connectivity index (χ1n) is 15.0. The molecule has 0 saturated heterocycles. The predicted molar refractivity (Wildman–Crippen MR) is 177 cm³/mol. The molecule has 2 aromatic heterocycles. The van der Waals surface area contributed by atoms with Gasteiger partial charge >= 0.3 is 0 Å². The number of fused-ring (bicyclic) bond motifs is 4. The Morgan fingerprint density at radius 3 is 2.10 bits per heavy atom. The van der Waals surface area contributed by atoms with E-state index >= 15 is 0 Å². The van der Waals surface area contributed by atoms with Crippen LogP contribution in [0.5, 0.6) is 0 Å². The molecule has 7 aromatic rings. The minimum Gasteiger partial charge on any atom is -0.455 e. The van der Waals surface area contributed by atoms with Crippen LogP contribution in [0.15, 0.2) is 101 Å². The molecule has 208 valence electrons. The summed E-state index contributed by atoms with van der Waals surface area (Å²) in [5, 5.41) is 2.32. The van der Waals surface area contributed by atoms with Gasteiger partial charge in [0.05, 0.1) is 22.3 Å². The number of benzene rings is 5. The molecule has 0 spiro atoms. The van der Waals surface area contributed by atoms with Crippen molar-refractivity contribution in [3.05, 3.63) is 119 Å². The predicted octanol–water partition coefficient (Wildman–Crippen LogP) is 11.1. The van der Waals surface area contributed by atoms with Crippen LogP contribution in [0.2, 0.25) is 0 Å². The van der Waals surface area contributed by atoms with Crippen molar-refractivity contribution in [2.24, 2.45) is 0 Å². The first-order valence-corrected chi connectivity index (χ1v) is 15.0. The van der Waals surface area contributed by atoms with Crippen molar-refractivity contribution in [1.29, 1.82) is 0 Å². The molecule has 0 amide bonds. The summed E-state index contributed by atoms with van der Waals surface area (Å²) in [4.78, 5) is 5.31. The molecule has 0 bridgehead atoms. The quantitative estimate of drug-likeness (QED) is 0.214. The van der Waals surface area contributed by atoms with Crippen LogP contribution in [0, 0.1) is 13.8 Å². The molecule has 5 aromatic carbocycles. The Balaban J connectivity index is 1.60. The lowest BCUT2D eigenvalue weighted by molar-refractivity contribution is 0.669. The van der Waals surface area contributed by atoms with Gasteiger partial charge in [0, 0.05) is 10.8 Å². The molecule has 3 heteroatoms. The maximum atomic E-state index is 6.64. The van der Waals surface area contributed by atoms with Crippen molar-refractivity contribution < 1.29 is 4.42 Å². The monoisotopic (exact) mass is 548 g/mol. The molecular weight excluding hydrogens is 512 g/mol. The first-order chi connectivity index (χ1) is 20.3. The Hall–Kier alpha value is -4.63. The number of imidazole rings is 1. The largest absolute Gasteiger partial charge is 0.455 e. The third-order valence-corrected chi connectivity index (χ3v) is 8.53. The van der Waals surface area contributed by atoms with Crippen molar-refractivity contribution in [2.45, 2.75) is 53.4 Å². The first kappa shape index (κ1) is 26.3. The van der Waals surface area contributed by atoms with E-state index in [4.69, 9.17) is 9.40 Å². The highest BCUT2D eigenvalue weighted by molar-refractivity contribution is 6.11. The molecule has 0 unspecified atom stereocenters. The van der Waals surface area contributed by atoms with Crippen molar-refractivity contribution in [3.63, 3.8) is 0 Å². The molecule has 0 aliphatic heterocycles. The van der Waals surface area contributed by atoms with E-state index in [-0.39, 0.29) is 0 Å². The number of hydrogen-bond donors (Lipinski definition) is 0. The lowest BCUT2D eigenvalue weighted by atomic mass is 9.88. The topological polar surface area (TPSA) is 31.0 Å². The van der Waals surface area contributed by atoms with Gasteiger partial charge in [-0.05, 0) is 96.0 Å². The van der Waals surface area contributed by atoms with Gasteiger partial charge < -0.3 is 4.42 Å². The summed E-state index contributed by atoms with van der Waals surface area (Å²) in [6, 6.07) is 34.8. The Bertz CT molecular complexity index is 2080. The van der Waals surface area contributed by atoms with Gasteiger partial charge in [-0.15, -0.1) is 0 Å². The molecule has 42 heavy (non-hydrogen) atoms. The smallest absolute Gasteiger partial charge is 0.149 e. The Morgan fingerprint density at radius 2 is 1.38 bits per heavy atom. The minimum atomic E-state index is 0.308. The highest BCUT2D eigenvalue weighted by Crippen LogP contribution is 2.43. The van der Waals surface area contributed by atoms with E-state index in [9.17, 15) is 0 Å². The van der Waals surface area contributed by atoms with Crippen molar-refractivity contribution in [1.82, 2.24) is 9.55 Å². The third-order valence-electron chi connectivity index (χ3n) is 8.53. The molecule has 0 aliphatic carbocycles. The summed E-state index contributed by atoms with van der Waals surface area (Å²) >= 11 is 0. The number of aryl methyl sites for hydroxylation is 2. The average Bonchev–Trinajstić information content (AvgIpc) is 3.56. The molecule has 0 atom stereocenters. The maximum Gasteiger partial charge on any atom is 0.149 e. The van der Waals surface area contributed by atoms with E-state index in [1.54, 1.807) is 0 Å². The zero-order chi connectivity index (χ0) is 29.1. The fourth-order valence-electron chi connectivity index (χ4n) is 6.38. The van der Waals surface area contributed by atoms with Crippen molar-refractivity contribution in [3.8, 4) is 28.2 Å². The van der Waals surface area contributed by atoms with Crippen LogP contribution in [-0.4, -0.2) is 9.55 Å². The summed E-state index contributed by atoms with van der Waals surface area (Å²) in [7, 11) is 0. The number of rotatable bonds is 5. The molecule has 0 N–H and O–H groups in total. The van der Waals surface area contributed by atoms with Gasteiger partial charge in [-0.2, -0.15) is 0 Å². The Kier molecular flexibility index (Phi) is 6.27. The van der Waals surface area contributed by atoms with Crippen LogP contribution < -0.4 is 0 Å². The van der Waals surface area contributed by atoms with Gasteiger partial charge in [-0.3, -0.25) is 4.57 Å². The highest BCUT2D eigenvalue weighted by Gasteiger charge is 2.25. The van der Waals surface area contributed by atoms with E-state index in [2.05, 4.69) is 143 Å². The van der Waals surface area contributed by atoms with E-state index < -0.39 is 0 Å². The number of aromatic nitrogens is 2. The summed E-state index contributed by atoms with van der Waals surface area (Å²) < 4.78 is 9.04. The molecule has 2 heterocycles. The van der Waals surface area contributed by atoms with E-state index in [0.29, 0.717) is 11.8 Å². The highest BCUT2D eigenvalue weighted by atomic mass is 16.3. The molecule has 3 nitrogen and oxygen atoms in total. The van der Waals surface area contributed by atoms with E-state index in [0.717, 1.165) is 44.4 Å². The van der Waals surface area contributed by atoms with Crippen LogP contribution >= 0.6 is 0 Å². The average molecular weight is 549 g/mol. The zero-order valence-corrected chi connectivity index (χ0v) is 25.2. The molecule has 0 aliphatic rings. The van der Waals surface area contributed by atoms with Gasteiger partial charge in [-0.1, -0.05) is 87.9 Å². The lowest BCUT2D eigenvalue weighted by Crippen LogP contribution is -2.09. The fourth-order valence-corrected chi connectivity index (χ4v) is 6.38. The normalized spacial score (nSPS) is 12.0. The summed E-state index contributed by atoms with van der Waals surface area (Å²) in [6.07, 6.45) is 0. The van der Waals surface area contributed by atoms with Crippen LogP contribution in [0.3, 0.4) is 0 Å². The molecule has 0 fully saturated rings. The lowest BCUT2D eigenvalue weighted by Gasteiger charge is -2.24. The Labute approximate surface area is 247 Å². The number of furan rings is 1. The van der Waals surface area contributed by atoms with Crippen molar-refractivity contribution in [2.75, 3.05) is 0 Å². The van der Waals surface area contributed by atoms with Gasteiger partial charge in [0.25, 0.3) is 0 Å². The maximum absolute atomic E-state index is 6.64. The SMILES string of the molecule is Cc1ccc2oc3c(-c4nc5ccccc5n4-c4c(C(C)C)cc(-c5ccccc5)cc4C(C)C)ccc(C)c3c2c1. The van der Waals surface area contributed by atoms with Gasteiger partial charge in [-0.25, -0.2) is 4.98 Å². The second-order valence-electron chi connectivity index (χ2n) is 12.2. The molecular formula is C39H36N2O. The van der Waals surface area contributed by atoms with Crippen molar-refractivity contribution >= 4 is 33.0 Å². The third kappa shape index (κ3) is 4.15. The zero-order valence-electron chi connectivity index (χ0n) is 25.2. The van der Waals surface area contributed by atoms with Gasteiger partial charge in [0.1, 0.15) is 17.0 Å². The molecule has 7 rings (SSSR count). The summed E-state index contributed by atoms with van der Waals surface area (Å²) in [5.41, 5.74) is 13.7. The number of para-hydroxylation sites is 2. The number of nitrogens with zero attached hydrogens (tertiary/aromatic N) is 2. The molecule has 0 saturated carbocycles. The second kappa shape index (κ2) is 10.0. The minimum absolute atomic E-state index is 0.308. The molecule has 0 radical (unpaired) electrons. The van der Waals surface area contributed by atoms with E-state index in [1.807, 2.05) is 0 Å². The number of hydrogen-bond acceptors (Lipinski definition) is 2. The van der Waals surface area contributed by atoms with E-state index in [1.165, 1.54) is 39.1 Å². The summed E-state index contributed by atoms with van der Waals surface area (Å²) in [6.45, 7) is 13.5. The second-order valence-corrected chi connectivity index (χ2v) is 12.2. The fraction of sp³-hybridized carbons (Fsp3) is 0.205. The van der Waals surface area contributed by atoms with Gasteiger partial charge in [0.15, 0.2) is 0 Å². The Morgan fingerprint density at radius 1 is 0.690 bits per heavy atom. The van der Waals surface area contributed by atoms with Crippen LogP contribution in [0.4, 0.5) is 0 Å².